The van der Waals surface area contributed by atoms with E-state index in [1.54, 1.807) is 0 Å². The lowest BCUT2D eigenvalue weighted by Crippen LogP contribution is -2.29. The Balaban J connectivity index is 0. The molecule has 0 bridgehead atoms. The summed E-state index contributed by atoms with van der Waals surface area (Å²) in [5, 5.41) is 0. The summed E-state index contributed by atoms with van der Waals surface area (Å²) in [5.41, 5.74) is 0. The van der Waals surface area contributed by atoms with Gasteiger partial charge in [-0.2, -0.15) is 0 Å². The third kappa shape index (κ3) is 4.79. The fraction of sp³-hybridized carbons (Fsp3) is 1.00. The molecule has 0 spiro atoms. The van der Waals surface area contributed by atoms with E-state index in [1.807, 2.05) is 0 Å². The number of hydrogen-bond acceptors (Lipinski definition) is 0. The van der Waals surface area contributed by atoms with Gasteiger partial charge in [-0.1, -0.05) is 62.9 Å². The van der Waals surface area contributed by atoms with Crippen LogP contribution in [0.25, 0.3) is 0 Å². The van der Waals surface area contributed by atoms with Crippen molar-refractivity contribution in [3.63, 3.8) is 0 Å². The van der Waals surface area contributed by atoms with E-state index in [9.17, 15) is 0 Å². The van der Waals surface area contributed by atoms with Gasteiger partial charge in [0.15, 0.2) is 0 Å². The zero-order valence-electron chi connectivity index (χ0n) is 10.7. The third-order valence-electron chi connectivity index (χ3n) is 3.31. The minimum absolute atomic E-state index is 0. The first kappa shape index (κ1) is 16.9. The Kier molecular flexibility index (Phi) is 10.5. The van der Waals surface area contributed by atoms with Crippen LogP contribution in [0.5, 0.6) is 0 Å². The molecule has 0 aliphatic carbocycles. The highest BCUT2D eigenvalue weighted by molar-refractivity contribution is 9.10. The molecule has 88 valence electrons. The molecule has 0 radical (unpaired) electrons. The van der Waals surface area contributed by atoms with Crippen molar-refractivity contribution in [3.05, 3.63) is 0 Å². The molecule has 0 aromatic carbocycles. The van der Waals surface area contributed by atoms with E-state index in [4.69, 9.17) is 0 Å². The minimum atomic E-state index is 0. The Bertz CT molecular complexity index is 121. The summed E-state index contributed by atoms with van der Waals surface area (Å²) in [4.78, 5) is 0. The first-order chi connectivity index (χ1) is 6.14. The topological polar surface area (TPSA) is 36.5 Å². The summed E-state index contributed by atoms with van der Waals surface area (Å²) in [5.74, 6) is 0.863. The van der Waals surface area contributed by atoms with Crippen molar-refractivity contribution in [1.29, 1.82) is 0 Å². The Morgan fingerprint density at radius 2 is 1.57 bits per heavy atom. The van der Waals surface area contributed by atoms with E-state index < -0.39 is 0 Å². The zero-order valence-corrected chi connectivity index (χ0v) is 12.3. The van der Waals surface area contributed by atoms with Crippen molar-refractivity contribution >= 4 is 15.9 Å². The van der Waals surface area contributed by atoms with Crippen LogP contribution in [0.1, 0.15) is 66.2 Å². The molecule has 1 nitrogen and oxygen atoms in total. The fourth-order valence-corrected chi connectivity index (χ4v) is 2.66. The summed E-state index contributed by atoms with van der Waals surface area (Å²) < 4.78 is 0.414. The van der Waals surface area contributed by atoms with Crippen LogP contribution in [0.4, 0.5) is 0 Å². The molecule has 1 atom stereocenters. The standard InChI is InChI=1S/C12H25Br.H3N/c1-5-9-10-11(6-2)12(13,7-3)8-4;/h11H,5-10H2,1-4H3;1H3/p+1. The molecule has 0 amide bonds. The zero-order chi connectivity index (χ0) is 10.3. The Hall–Kier alpha value is 0.440. The second-order valence-electron chi connectivity index (χ2n) is 3.99. The van der Waals surface area contributed by atoms with Crippen LogP contribution in [-0.4, -0.2) is 4.32 Å². The Morgan fingerprint density at radius 1 is 1.07 bits per heavy atom. The van der Waals surface area contributed by atoms with Crippen LogP contribution >= 0.6 is 15.9 Å². The van der Waals surface area contributed by atoms with Crippen LogP contribution in [0.2, 0.25) is 0 Å². The number of halogens is 1. The predicted octanol–water partition coefficient (Wildman–Crippen LogP) is 5.53. The molecule has 0 fully saturated rings. The lowest BCUT2D eigenvalue weighted by molar-refractivity contribution is 0.324. The van der Waals surface area contributed by atoms with Gasteiger partial charge in [-0.05, 0) is 25.2 Å². The molecule has 0 rings (SSSR count). The molecule has 0 aliphatic rings. The van der Waals surface area contributed by atoms with Crippen molar-refractivity contribution < 1.29 is 0 Å². The van der Waals surface area contributed by atoms with Crippen LogP contribution < -0.4 is 6.15 Å². The average Bonchev–Trinajstić information content (AvgIpc) is 2.18. The first-order valence-electron chi connectivity index (χ1n) is 5.83. The maximum Gasteiger partial charge on any atom is 0.0280 e. The molecular formula is C12H29BrN+. The van der Waals surface area contributed by atoms with Crippen molar-refractivity contribution in [3.8, 4) is 0 Å². The van der Waals surface area contributed by atoms with Crippen LogP contribution in [0.15, 0.2) is 0 Å². The van der Waals surface area contributed by atoms with E-state index in [0.29, 0.717) is 4.32 Å². The van der Waals surface area contributed by atoms with Gasteiger partial charge in [-0.25, -0.2) is 0 Å². The molecule has 0 aromatic rings. The molecule has 0 heterocycles. The lowest BCUT2D eigenvalue weighted by atomic mass is 9.82. The quantitative estimate of drug-likeness (QED) is 0.588. The van der Waals surface area contributed by atoms with Gasteiger partial charge in [0, 0.05) is 4.32 Å². The summed E-state index contributed by atoms with van der Waals surface area (Å²) >= 11 is 3.94. The maximum absolute atomic E-state index is 3.94. The van der Waals surface area contributed by atoms with Crippen LogP contribution in [0.3, 0.4) is 0 Å². The average molecular weight is 267 g/mol. The number of hydrogen-bond donors (Lipinski definition) is 1. The number of unbranched alkanes of at least 4 members (excludes halogenated alkanes) is 1. The van der Waals surface area contributed by atoms with Crippen molar-refractivity contribution in [2.24, 2.45) is 5.92 Å². The van der Waals surface area contributed by atoms with E-state index in [2.05, 4.69) is 43.6 Å². The highest BCUT2D eigenvalue weighted by Gasteiger charge is 2.30. The van der Waals surface area contributed by atoms with E-state index in [1.165, 1.54) is 38.5 Å². The molecule has 0 aliphatic heterocycles. The normalized spacial score (nSPS) is 13.5. The second-order valence-corrected chi connectivity index (χ2v) is 5.57. The highest BCUT2D eigenvalue weighted by atomic mass is 79.9. The largest absolute Gasteiger partial charge is 0.369 e. The van der Waals surface area contributed by atoms with E-state index in [-0.39, 0.29) is 6.15 Å². The monoisotopic (exact) mass is 266 g/mol. The maximum atomic E-state index is 3.94. The summed E-state index contributed by atoms with van der Waals surface area (Å²) in [6, 6.07) is 0. The van der Waals surface area contributed by atoms with Crippen LogP contribution in [-0.2, 0) is 0 Å². The predicted molar refractivity (Wildman–Crippen MR) is 71.5 cm³/mol. The summed E-state index contributed by atoms with van der Waals surface area (Å²) in [7, 11) is 0. The number of alkyl halides is 1. The SMILES string of the molecule is CCCCC(CC)C(Br)(CC)CC.[NH4+]. The molecule has 14 heavy (non-hydrogen) atoms. The first-order valence-corrected chi connectivity index (χ1v) is 6.62. The fourth-order valence-electron chi connectivity index (χ4n) is 2.11. The summed E-state index contributed by atoms with van der Waals surface area (Å²) in [6.45, 7) is 9.20. The molecule has 1 unspecified atom stereocenters. The minimum Gasteiger partial charge on any atom is -0.369 e. The van der Waals surface area contributed by atoms with E-state index in [0.717, 1.165) is 5.92 Å². The van der Waals surface area contributed by atoms with Crippen molar-refractivity contribution in [2.45, 2.75) is 70.5 Å². The molecule has 4 N–H and O–H groups in total. The van der Waals surface area contributed by atoms with Gasteiger partial charge in [0.25, 0.3) is 0 Å². The molecule has 0 saturated carbocycles. The number of quaternary nitrogens is 1. The van der Waals surface area contributed by atoms with Crippen LogP contribution in [0, 0.1) is 5.92 Å². The third-order valence-corrected chi connectivity index (χ3v) is 5.08. The molecular weight excluding hydrogens is 238 g/mol. The van der Waals surface area contributed by atoms with E-state index >= 15 is 0 Å². The second kappa shape index (κ2) is 8.72. The lowest BCUT2D eigenvalue weighted by Gasteiger charge is -2.34. The molecule has 0 aromatic heterocycles. The molecule has 2 heteroatoms. The van der Waals surface area contributed by atoms with Gasteiger partial charge in [0.2, 0.25) is 0 Å². The van der Waals surface area contributed by atoms with Gasteiger partial charge < -0.3 is 6.15 Å². The van der Waals surface area contributed by atoms with Gasteiger partial charge in [-0.15, -0.1) is 0 Å². The van der Waals surface area contributed by atoms with Gasteiger partial charge in [0.1, 0.15) is 0 Å². The van der Waals surface area contributed by atoms with Gasteiger partial charge in [0.05, 0.1) is 0 Å². The highest BCUT2D eigenvalue weighted by Crippen LogP contribution is 2.39. The smallest absolute Gasteiger partial charge is 0.0280 e. The Labute approximate surface area is 98.8 Å². The number of rotatable bonds is 7. The summed E-state index contributed by atoms with van der Waals surface area (Å²) in [6.07, 6.45) is 7.92. The van der Waals surface area contributed by atoms with Crippen molar-refractivity contribution in [1.82, 2.24) is 6.15 Å². The van der Waals surface area contributed by atoms with Gasteiger partial charge in [-0.3, -0.25) is 0 Å². The van der Waals surface area contributed by atoms with Gasteiger partial charge >= 0.3 is 0 Å². The molecule has 0 saturated heterocycles. The Morgan fingerprint density at radius 3 is 1.86 bits per heavy atom. The van der Waals surface area contributed by atoms with Crippen molar-refractivity contribution in [2.75, 3.05) is 0 Å².